The molecular formula is C16H11NO3. The minimum absolute atomic E-state index is 0.347. The van der Waals surface area contributed by atoms with Crippen LogP contribution in [-0.2, 0) is 0 Å². The topological polar surface area (TPSA) is 58.6 Å². The van der Waals surface area contributed by atoms with Crippen molar-refractivity contribution in [1.82, 2.24) is 0 Å². The molecule has 0 saturated carbocycles. The van der Waals surface area contributed by atoms with E-state index in [0.29, 0.717) is 17.0 Å². The summed E-state index contributed by atoms with van der Waals surface area (Å²) in [6.45, 7) is 0. The molecule has 2 aliphatic rings. The Morgan fingerprint density at radius 2 is 1.80 bits per heavy atom. The molecule has 4 rings (SSSR count). The van der Waals surface area contributed by atoms with Crippen LogP contribution in [0.4, 0.5) is 5.69 Å². The molecule has 0 aromatic heterocycles. The smallest absolute Gasteiger partial charge is 0.315 e. The lowest BCUT2D eigenvalue weighted by Gasteiger charge is -2.38. The molecule has 1 atom stereocenters. The lowest BCUT2D eigenvalue weighted by atomic mass is 9.88. The predicted molar refractivity (Wildman–Crippen MR) is 74.4 cm³/mol. The molecular weight excluding hydrogens is 254 g/mol. The Balaban J connectivity index is 1.93. The number of rotatable bonds is 0. The van der Waals surface area contributed by atoms with Gasteiger partial charge < -0.3 is 15.2 Å². The average molecular weight is 265 g/mol. The highest BCUT2D eigenvalue weighted by Crippen LogP contribution is 2.41. The largest absolute Gasteiger partial charge is 0.447 e. The van der Waals surface area contributed by atoms with Gasteiger partial charge in [-0.2, -0.15) is 0 Å². The second-order valence-electron chi connectivity index (χ2n) is 4.84. The van der Waals surface area contributed by atoms with E-state index in [1.54, 1.807) is 30.3 Å². The van der Waals surface area contributed by atoms with E-state index in [9.17, 15) is 9.90 Å². The van der Waals surface area contributed by atoms with Crippen molar-refractivity contribution < 1.29 is 14.6 Å². The van der Waals surface area contributed by atoms with Crippen molar-refractivity contribution in [3.05, 3.63) is 65.4 Å². The van der Waals surface area contributed by atoms with Crippen LogP contribution in [0, 0.1) is 0 Å². The van der Waals surface area contributed by atoms with Gasteiger partial charge in [0.05, 0.1) is 11.4 Å². The Morgan fingerprint density at radius 3 is 2.70 bits per heavy atom. The molecule has 0 spiro atoms. The van der Waals surface area contributed by atoms with Gasteiger partial charge in [0.15, 0.2) is 0 Å². The molecule has 0 bridgehead atoms. The SMILES string of the molecule is O=C1c2ccccc2C=C2Nc3ccccc3OC12O. The van der Waals surface area contributed by atoms with Gasteiger partial charge in [-0.05, 0) is 23.8 Å². The van der Waals surface area contributed by atoms with Gasteiger partial charge in [-0.1, -0.05) is 36.4 Å². The number of carbonyl (C=O) groups is 1. The summed E-state index contributed by atoms with van der Waals surface area (Å²) in [5.41, 5.74) is 2.31. The Hall–Kier alpha value is -2.59. The van der Waals surface area contributed by atoms with Crippen LogP contribution in [-0.4, -0.2) is 16.7 Å². The number of hydrogen-bond acceptors (Lipinski definition) is 4. The van der Waals surface area contributed by atoms with E-state index in [0.717, 1.165) is 11.3 Å². The van der Waals surface area contributed by atoms with E-state index in [-0.39, 0.29) is 0 Å². The molecule has 2 aromatic rings. The van der Waals surface area contributed by atoms with Crippen LogP contribution < -0.4 is 10.1 Å². The highest BCUT2D eigenvalue weighted by Gasteiger charge is 2.49. The number of para-hydroxylation sites is 2. The van der Waals surface area contributed by atoms with E-state index in [4.69, 9.17) is 4.74 Å². The number of fused-ring (bicyclic) bond motifs is 3. The zero-order chi connectivity index (χ0) is 13.7. The van der Waals surface area contributed by atoms with E-state index >= 15 is 0 Å². The first-order valence-electron chi connectivity index (χ1n) is 6.32. The van der Waals surface area contributed by atoms with Crippen LogP contribution in [0.5, 0.6) is 5.75 Å². The molecule has 4 heteroatoms. The summed E-state index contributed by atoms with van der Waals surface area (Å²) in [5, 5.41) is 13.7. The second kappa shape index (κ2) is 3.71. The number of ether oxygens (including phenoxy) is 1. The number of hydrogen-bond donors (Lipinski definition) is 2. The van der Waals surface area contributed by atoms with Crippen LogP contribution in [0.1, 0.15) is 15.9 Å². The molecule has 0 amide bonds. The van der Waals surface area contributed by atoms with Crippen LogP contribution in [0.3, 0.4) is 0 Å². The second-order valence-corrected chi connectivity index (χ2v) is 4.84. The van der Waals surface area contributed by atoms with Gasteiger partial charge in [0, 0.05) is 5.56 Å². The first-order valence-corrected chi connectivity index (χ1v) is 6.32. The summed E-state index contributed by atoms with van der Waals surface area (Å²) < 4.78 is 5.57. The minimum Gasteiger partial charge on any atom is -0.447 e. The molecule has 0 fully saturated rings. The molecule has 98 valence electrons. The molecule has 20 heavy (non-hydrogen) atoms. The van der Waals surface area contributed by atoms with Crippen molar-refractivity contribution in [1.29, 1.82) is 0 Å². The quantitative estimate of drug-likeness (QED) is 0.768. The monoisotopic (exact) mass is 265 g/mol. The van der Waals surface area contributed by atoms with Gasteiger partial charge in [0.2, 0.25) is 5.78 Å². The van der Waals surface area contributed by atoms with Gasteiger partial charge in [-0.3, -0.25) is 4.79 Å². The summed E-state index contributed by atoms with van der Waals surface area (Å²) in [7, 11) is 0. The number of Topliss-reactive ketones (excluding diaryl/α,β-unsaturated/α-hetero) is 1. The molecule has 0 radical (unpaired) electrons. The maximum Gasteiger partial charge on any atom is 0.315 e. The lowest BCUT2D eigenvalue weighted by molar-refractivity contribution is -0.0734. The maximum absolute atomic E-state index is 12.5. The van der Waals surface area contributed by atoms with Crippen molar-refractivity contribution in [3.63, 3.8) is 0 Å². The number of carbonyl (C=O) groups excluding carboxylic acids is 1. The Kier molecular flexibility index (Phi) is 2.09. The van der Waals surface area contributed by atoms with E-state index in [1.165, 1.54) is 0 Å². The normalized spacial score (nSPS) is 22.6. The fraction of sp³-hybridized carbons (Fsp3) is 0.0625. The zero-order valence-electron chi connectivity index (χ0n) is 10.5. The summed E-state index contributed by atoms with van der Waals surface area (Å²) in [6.07, 6.45) is 1.74. The molecule has 1 aliphatic carbocycles. The van der Waals surface area contributed by atoms with Gasteiger partial charge in [-0.25, -0.2) is 0 Å². The minimum atomic E-state index is -1.97. The highest BCUT2D eigenvalue weighted by molar-refractivity contribution is 6.10. The van der Waals surface area contributed by atoms with E-state index < -0.39 is 11.6 Å². The van der Waals surface area contributed by atoms with Crippen LogP contribution in [0.15, 0.2) is 54.2 Å². The van der Waals surface area contributed by atoms with Crippen LogP contribution in [0.2, 0.25) is 0 Å². The molecule has 1 aliphatic heterocycles. The third-order valence-corrected chi connectivity index (χ3v) is 3.59. The first kappa shape index (κ1) is 11.3. The standard InChI is InChI=1S/C16H11NO3/c18-15-11-6-2-1-5-10(11)9-14-16(15,19)20-13-8-4-3-7-12(13)17-14/h1-9,17,19H. The van der Waals surface area contributed by atoms with Gasteiger partial charge in [0.1, 0.15) is 5.75 Å². The third kappa shape index (κ3) is 1.37. The Bertz CT molecular complexity index is 766. The number of benzene rings is 2. The van der Waals surface area contributed by atoms with E-state index in [2.05, 4.69) is 5.32 Å². The Morgan fingerprint density at radius 1 is 1.05 bits per heavy atom. The predicted octanol–water partition coefficient (Wildman–Crippen LogP) is 2.42. The maximum atomic E-state index is 12.5. The number of aliphatic hydroxyl groups is 1. The van der Waals surface area contributed by atoms with Gasteiger partial charge in [0.25, 0.3) is 0 Å². The fourth-order valence-corrected chi connectivity index (χ4v) is 2.57. The molecule has 4 nitrogen and oxygen atoms in total. The summed E-state index contributed by atoms with van der Waals surface area (Å²) in [6, 6.07) is 14.3. The average Bonchev–Trinajstić information content (AvgIpc) is 2.47. The number of anilines is 1. The summed E-state index contributed by atoms with van der Waals surface area (Å²) in [4.78, 5) is 12.5. The summed E-state index contributed by atoms with van der Waals surface area (Å²) >= 11 is 0. The van der Waals surface area contributed by atoms with Gasteiger partial charge >= 0.3 is 5.79 Å². The number of ketones is 1. The fourth-order valence-electron chi connectivity index (χ4n) is 2.57. The molecule has 0 saturated heterocycles. The van der Waals surface area contributed by atoms with Crippen molar-refractivity contribution >= 4 is 17.5 Å². The summed E-state index contributed by atoms with van der Waals surface area (Å²) in [5.74, 6) is -1.96. The first-order chi connectivity index (χ1) is 9.68. The van der Waals surface area contributed by atoms with Crippen molar-refractivity contribution in [2.24, 2.45) is 0 Å². The number of nitrogens with one attached hydrogen (secondary N) is 1. The highest BCUT2D eigenvalue weighted by atomic mass is 16.6. The van der Waals surface area contributed by atoms with Crippen molar-refractivity contribution in [2.45, 2.75) is 5.79 Å². The molecule has 1 unspecified atom stereocenters. The molecule has 2 aromatic carbocycles. The van der Waals surface area contributed by atoms with Crippen molar-refractivity contribution in [3.8, 4) is 5.75 Å². The Labute approximate surface area is 115 Å². The van der Waals surface area contributed by atoms with E-state index in [1.807, 2.05) is 24.3 Å². The molecule has 2 N–H and O–H groups in total. The van der Waals surface area contributed by atoms with Crippen LogP contribution >= 0.6 is 0 Å². The molecule has 1 heterocycles. The zero-order valence-corrected chi connectivity index (χ0v) is 10.5. The van der Waals surface area contributed by atoms with Crippen LogP contribution in [0.25, 0.3) is 6.08 Å². The van der Waals surface area contributed by atoms with Gasteiger partial charge in [-0.15, -0.1) is 0 Å². The third-order valence-electron chi connectivity index (χ3n) is 3.59. The van der Waals surface area contributed by atoms with Crippen molar-refractivity contribution in [2.75, 3.05) is 5.32 Å². The lowest BCUT2D eigenvalue weighted by Crippen LogP contribution is -2.52.